The maximum atomic E-state index is 12.2. The zero-order valence-electron chi connectivity index (χ0n) is 16.5. The number of hydrogen-bond donors (Lipinski definition) is 0. The molecule has 0 bridgehead atoms. The second-order valence-corrected chi connectivity index (χ2v) is 8.14. The van der Waals surface area contributed by atoms with Crippen LogP contribution in [0.15, 0.2) is 48.5 Å². The molecule has 0 radical (unpaired) electrons. The van der Waals surface area contributed by atoms with E-state index >= 15 is 0 Å². The van der Waals surface area contributed by atoms with E-state index < -0.39 is 5.60 Å². The summed E-state index contributed by atoms with van der Waals surface area (Å²) in [6.45, 7) is 7.39. The van der Waals surface area contributed by atoms with E-state index in [1.54, 1.807) is 4.90 Å². The third-order valence-corrected chi connectivity index (χ3v) is 4.60. The number of morpholine rings is 1. The van der Waals surface area contributed by atoms with Crippen LogP contribution < -0.4 is 4.74 Å². The van der Waals surface area contributed by atoms with Gasteiger partial charge in [0.25, 0.3) is 0 Å². The molecular formula is C22H26ClNO4. The molecule has 1 unspecified atom stereocenters. The predicted molar refractivity (Wildman–Crippen MR) is 110 cm³/mol. The summed E-state index contributed by atoms with van der Waals surface area (Å²) in [6.07, 6.45) is -0.505. The molecule has 1 heterocycles. The first-order valence-electron chi connectivity index (χ1n) is 9.39. The summed E-state index contributed by atoms with van der Waals surface area (Å²) in [6, 6.07) is 15.5. The fourth-order valence-electron chi connectivity index (χ4n) is 2.93. The first-order chi connectivity index (χ1) is 13.3. The summed E-state index contributed by atoms with van der Waals surface area (Å²) < 4.78 is 17.0. The van der Waals surface area contributed by atoms with Gasteiger partial charge in [0, 0.05) is 17.1 Å². The van der Waals surface area contributed by atoms with Crippen LogP contribution in [0.5, 0.6) is 5.75 Å². The molecule has 5 nitrogen and oxygen atoms in total. The normalized spacial score (nSPS) is 17.3. The molecule has 0 aliphatic carbocycles. The molecule has 1 aliphatic heterocycles. The van der Waals surface area contributed by atoms with Crippen LogP contribution in [0.4, 0.5) is 4.79 Å². The number of carbonyl (C=O) groups is 1. The minimum Gasteiger partial charge on any atom is -0.491 e. The van der Waals surface area contributed by atoms with Gasteiger partial charge >= 0.3 is 6.09 Å². The van der Waals surface area contributed by atoms with Crippen LogP contribution in [0.25, 0.3) is 11.1 Å². The van der Waals surface area contributed by atoms with Crippen LogP contribution in [0, 0.1) is 0 Å². The average molecular weight is 404 g/mol. The summed E-state index contributed by atoms with van der Waals surface area (Å²) in [5.41, 5.74) is 1.51. The molecule has 3 rings (SSSR count). The van der Waals surface area contributed by atoms with E-state index in [0.29, 0.717) is 31.3 Å². The second kappa shape index (κ2) is 8.84. The fourth-order valence-corrected chi connectivity index (χ4v) is 3.17. The molecule has 0 saturated carbocycles. The Bertz CT molecular complexity index is 801. The summed E-state index contributed by atoms with van der Waals surface area (Å²) in [4.78, 5) is 13.9. The van der Waals surface area contributed by atoms with Gasteiger partial charge in [-0.3, -0.25) is 0 Å². The third kappa shape index (κ3) is 5.63. The Labute approximate surface area is 171 Å². The van der Waals surface area contributed by atoms with E-state index in [2.05, 4.69) is 0 Å². The lowest BCUT2D eigenvalue weighted by molar-refractivity contribution is -0.0557. The van der Waals surface area contributed by atoms with E-state index in [4.69, 9.17) is 25.8 Å². The van der Waals surface area contributed by atoms with Crippen molar-refractivity contribution in [2.45, 2.75) is 32.5 Å². The highest BCUT2D eigenvalue weighted by molar-refractivity contribution is 6.33. The molecule has 0 spiro atoms. The topological polar surface area (TPSA) is 48.0 Å². The van der Waals surface area contributed by atoms with Crippen LogP contribution in [0.2, 0.25) is 5.02 Å². The zero-order valence-corrected chi connectivity index (χ0v) is 17.2. The van der Waals surface area contributed by atoms with Gasteiger partial charge in [0.15, 0.2) is 0 Å². The van der Waals surface area contributed by atoms with Crippen LogP contribution >= 0.6 is 11.6 Å². The number of amides is 1. The molecule has 0 N–H and O–H groups in total. The molecule has 0 aromatic heterocycles. The van der Waals surface area contributed by atoms with E-state index in [9.17, 15) is 4.79 Å². The molecule has 1 fully saturated rings. The standard InChI is InChI=1S/C22H26ClNO4/c1-22(2,3)28-21(25)24-12-13-26-18(14-24)15-27-17-10-8-16(9-11-17)19-6-4-5-7-20(19)23/h4-11,18H,12-15H2,1-3H3. The van der Waals surface area contributed by atoms with Gasteiger partial charge in [0.1, 0.15) is 24.1 Å². The number of nitrogens with zero attached hydrogens (tertiary/aromatic N) is 1. The summed E-state index contributed by atoms with van der Waals surface area (Å²) in [7, 11) is 0. The summed E-state index contributed by atoms with van der Waals surface area (Å²) >= 11 is 6.25. The number of ether oxygens (including phenoxy) is 3. The highest BCUT2D eigenvalue weighted by atomic mass is 35.5. The molecule has 6 heteroatoms. The molecule has 1 atom stereocenters. The van der Waals surface area contributed by atoms with E-state index in [1.165, 1.54) is 0 Å². The van der Waals surface area contributed by atoms with Gasteiger partial charge in [0.05, 0.1) is 13.2 Å². The van der Waals surface area contributed by atoms with Gasteiger partial charge in [-0.2, -0.15) is 0 Å². The maximum absolute atomic E-state index is 12.2. The number of rotatable bonds is 4. The predicted octanol–water partition coefficient (Wildman–Crippen LogP) is 5.02. The first-order valence-corrected chi connectivity index (χ1v) is 9.77. The van der Waals surface area contributed by atoms with Gasteiger partial charge in [0.2, 0.25) is 0 Å². The lowest BCUT2D eigenvalue weighted by atomic mass is 10.1. The quantitative estimate of drug-likeness (QED) is 0.719. The van der Waals surface area contributed by atoms with E-state index in [1.807, 2.05) is 69.3 Å². The Balaban J connectivity index is 1.54. The fraction of sp³-hybridized carbons (Fsp3) is 0.409. The average Bonchev–Trinajstić information content (AvgIpc) is 2.66. The SMILES string of the molecule is CC(C)(C)OC(=O)N1CCOC(COc2ccc(-c3ccccc3Cl)cc2)C1. The van der Waals surface area contributed by atoms with Crippen molar-refractivity contribution in [3.05, 3.63) is 53.6 Å². The van der Waals surface area contributed by atoms with E-state index in [-0.39, 0.29) is 12.2 Å². The number of hydrogen-bond acceptors (Lipinski definition) is 4. The van der Waals surface area contributed by atoms with E-state index in [0.717, 1.165) is 16.9 Å². The monoisotopic (exact) mass is 403 g/mol. The van der Waals surface area contributed by atoms with Gasteiger partial charge in [-0.05, 0) is 44.5 Å². The molecule has 2 aromatic rings. The lowest BCUT2D eigenvalue weighted by Gasteiger charge is -2.34. The second-order valence-electron chi connectivity index (χ2n) is 7.73. The maximum Gasteiger partial charge on any atom is 0.410 e. The molecule has 1 saturated heterocycles. The molecule has 1 aliphatic rings. The van der Waals surface area contributed by atoms with Crippen LogP contribution in [-0.2, 0) is 9.47 Å². The Hall–Kier alpha value is -2.24. The van der Waals surface area contributed by atoms with Gasteiger partial charge < -0.3 is 19.1 Å². The molecule has 1 amide bonds. The first kappa shape index (κ1) is 20.5. The Morgan fingerprint density at radius 1 is 1.18 bits per heavy atom. The van der Waals surface area contributed by atoms with Gasteiger partial charge in [-0.25, -0.2) is 4.79 Å². The van der Waals surface area contributed by atoms with Crippen molar-refractivity contribution in [1.29, 1.82) is 0 Å². The van der Waals surface area contributed by atoms with Crippen LogP contribution in [0.3, 0.4) is 0 Å². The molecular weight excluding hydrogens is 378 g/mol. The number of halogens is 1. The smallest absolute Gasteiger partial charge is 0.410 e. The number of carbonyl (C=O) groups excluding carboxylic acids is 1. The van der Waals surface area contributed by atoms with Crippen molar-refractivity contribution in [3.8, 4) is 16.9 Å². The number of benzene rings is 2. The van der Waals surface area contributed by atoms with Crippen molar-refractivity contribution in [2.75, 3.05) is 26.3 Å². The van der Waals surface area contributed by atoms with Crippen LogP contribution in [0.1, 0.15) is 20.8 Å². The molecule has 150 valence electrons. The Kier molecular flexibility index (Phi) is 6.47. The van der Waals surface area contributed by atoms with Crippen molar-refractivity contribution in [2.24, 2.45) is 0 Å². The lowest BCUT2D eigenvalue weighted by Crippen LogP contribution is -2.49. The highest BCUT2D eigenvalue weighted by Crippen LogP contribution is 2.28. The Morgan fingerprint density at radius 3 is 2.57 bits per heavy atom. The summed E-state index contributed by atoms with van der Waals surface area (Å²) in [5, 5.41) is 0.717. The van der Waals surface area contributed by atoms with Crippen molar-refractivity contribution in [3.63, 3.8) is 0 Å². The molecule has 2 aromatic carbocycles. The third-order valence-electron chi connectivity index (χ3n) is 4.27. The van der Waals surface area contributed by atoms with Crippen molar-refractivity contribution in [1.82, 2.24) is 4.90 Å². The van der Waals surface area contributed by atoms with Crippen molar-refractivity contribution < 1.29 is 19.0 Å². The highest BCUT2D eigenvalue weighted by Gasteiger charge is 2.28. The minimum absolute atomic E-state index is 0.190. The summed E-state index contributed by atoms with van der Waals surface area (Å²) in [5.74, 6) is 0.744. The molecule has 28 heavy (non-hydrogen) atoms. The minimum atomic E-state index is -0.509. The van der Waals surface area contributed by atoms with Crippen LogP contribution in [-0.4, -0.2) is 49.0 Å². The van der Waals surface area contributed by atoms with Gasteiger partial charge in [-0.1, -0.05) is 41.9 Å². The Morgan fingerprint density at radius 2 is 1.89 bits per heavy atom. The van der Waals surface area contributed by atoms with Crippen molar-refractivity contribution >= 4 is 17.7 Å². The zero-order chi connectivity index (χ0) is 20.1. The largest absolute Gasteiger partial charge is 0.491 e. The van der Waals surface area contributed by atoms with Gasteiger partial charge in [-0.15, -0.1) is 0 Å².